The van der Waals surface area contributed by atoms with Gasteiger partial charge in [0.15, 0.2) is 5.01 Å². The van der Waals surface area contributed by atoms with E-state index in [1.54, 1.807) is 30.3 Å². The normalized spacial score (nSPS) is 13.0. The average molecular weight is 299 g/mol. The number of thiazole rings is 1. The molecule has 2 aromatic carbocycles. The molecule has 4 nitrogen and oxygen atoms in total. The lowest BCUT2D eigenvalue weighted by molar-refractivity contribution is 0.306. The van der Waals surface area contributed by atoms with Gasteiger partial charge in [0.05, 0.1) is 21.4 Å². The van der Waals surface area contributed by atoms with Crippen LogP contribution in [0.5, 0.6) is 11.5 Å². The molecule has 0 aliphatic rings. The average Bonchev–Trinajstić information content (AvgIpc) is 2.95. The van der Waals surface area contributed by atoms with Crippen LogP contribution in [0.1, 0.15) is 14.7 Å². The van der Waals surface area contributed by atoms with Crippen molar-refractivity contribution in [1.82, 2.24) is 4.98 Å². The first kappa shape index (κ1) is 10.2. The minimum atomic E-state index is -2.45. The largest absolute Gasteiger partial charge is 0.497 e. The molecule has 0 saturated heterocycles. The van der Waals surface area contributed by atoms with Crippen molar-refractivity contribution in [3.05, 3.63) is 53.0 Å². The SMILES string of the molecule is [2H]C([2H])([2H])Oc1ccc(COc2ccc3nc(C#N)sc3c2)cc1. The molecule has 0 saturated carbocycles. The van der Waals surface area contributed by atoms with Crippen LogP contribution in [0.25, 0.3) is 10.2 Å². The van der Waals surface area contributed by atoms with Gasteiger partial charge in [-0.25, -0.2) is 4.98 Å². The van der Waals surface area contributed by atoms with Gasteiger partial charge >= 0.3 is 0 Å². The Balaban J connectivity index is 1.66. The van der Waals surface area contributed by atoms with Crippen LogP contribution in [0, 0.1) is 11.3 Å². The molecule has 0 unspecified atom stereocenters. The lowest BCUT2D eigenvalue weighted by Gasteiger charge is -2.07. The number of nitriles is 1. The zero-order valence-corrected chi connectivity index (χ0v) is 11.7. The molecule has 3 rings (SSSR count). The molecule has 21 heavy (non-hydrogen) atoms. The maximum Gasteiger partial charge on any atom is 0.195 e. The Hall–Kier alpha value is -2.58. The number of methoxy groups -OCH3 is 1. The van der Waals surface area contributed by atoms with Crippen molar-refractivity contribution in [3.8, 4) is 17.6 Å². The highest BCUT2D eigenvalue weighted by Gasteiger charge is 2.05. The van der Waals surface area contributed by atoms with E-state index in [-0.39, 0.29) is 5.75 Å². The second kappa shape index (κ2) is 5.81. The quantitative estimate of drug-likeness (QED) is 0.736. The van der Waals surface area contributed by atoms with Gasteiger partial charge in [0, 0.05) is 0 Å². The van der Waals surface area contributed by atoms with Crippen molar-refractivity contribution in [2.45, 2.75) is 6.61 Å². The molecule has 0 aliphatic carbocycles. The van der Waals surface area contributed by atoms with E-state index in [2.05, 4.69) is 4.98 Å². The second-order valence-corrected chi connectivity index (χ2v) is 5.33. The van der Waals surface area contributed by atoms with E-state index in [9.17, 15) is 0 Å². The molecule has 104 valence electrons. The van der Waals surface area contributed by atoms with E-state index in [1.807, 2.05) is 18.2 Å². The summed E-state index contributed by atoms with van der Waals surface area (Å²) in [5, 5.41) is 9.30. The molecule has 1 aromatic heterocycles. The van der Waals surface area contributed by atoms with E-state index in [0.29, 0.717) is 17.4 Å². The maximum absolute atomic E-state index is 8.87. The number of fused-ring (bicyclic) bond motifs is 1. The monoisotopic (exact) mass is 299 g/mol. The maximum atomic E-state index is 8.87. The number of nitrogens with zero attached hydrogens (tertiary/aromatic N) is 2. The lowest BCUT2D eigenvalue weighted by Crippen LogP contribution is -1.95. The zero-order valence-electron chi connectivity index (χ0n) is 13.9. The molecule has 3 aromatic rings. The number of hydrogen-bond donors (Lipinski definition) is 0. The first-order valence-electron chi connectivity index (χ1n) is 7.64. The van der Waals surface area contributed by atoms with Crippen LogP contribution in [0.4, 0.5) is 0 Å². The Morgan fingerprint density at radius 3 is 2.81 bits per heavy atom. The minimum absolute atomic E-state index is 0.286. The predicted octanol–water partition coefficient (Wildman–Crippen LogP) is 3.76. The topological polar surface area (TPSA) is 55.1 Å². The lowest BCUT2D eigenvalue weighted by atomic mass is 10.2. The highest BCUT2D eigenvalue weighted by Crippen LogP contribution is 2.26. The number of ether oxygens (including phenoxy) is 2. The Labute approximate surface area is 130 Å². The third kappa shape index (κ3) is 2.96. The fourth-order valence-corrected chi connectivity index (χ4v) is 2.65. The van der Waals surface area contributed by atoms with Gasteiger partial charge in [0.25, 0.3) is 0 Å². The Morgan fingerprint density at radius 1 is 1.24 bits per heavy atom. The summed E-state index contributed by atoms with van der Waals surface area (Å²) in [6.45, 7) is 0.337. The van der Waals surface area contributed by atoms with Crippen LogP contribution in [-0.2, 0) is 6.61 Å². The summed E-state index contributed by atoms with van der Waals surface area (Å²) in [4.78, 5) is 4.17. The Morgan fingerprint density at radius 2 is 2.05 bits per heavy atom. The second-order valence-electron chi connectivity index (χ2n) is 4.30. The molecule has 0 spiro atoms. The molecule has 0 amide bonds. The summed E-state index contributed by atoms with van der Waals surface area (Å²) >= 11 is 1.32. The van der Waals surface area contributed by atoms with E-state index >= 15 is 0 Å². The van der Waals surface area contributed by atoms with Gasteiger partial charge < -0.3 is 9.47 Å². The summed E-state index contributed by atoms with van der Waals surface area (Å²) in [7, 11) is -2.45. The molecule has 0 bridgehead atoms. The van der Waals surface area contributed by atoms with Gasteiger partial charge in [-0.3, -0.25) is 0 Å². The van der Waals surface area contributed by atoms with E-state index in [1.165, 1.54) is 11.3 Å². The van der Waals surface area contributed by atoms with Crippen LogP contribution < -0.4 is 9.47 Å². The molecule has 0 aliphatic heterocycles. The molecule has 1 heterocycles. The van der Waals surface area contributed by atoms with Crippen molar-refractivity contribution in [2.75, 3.05) is 7.04 Å². The highest BCUT2D eigenvalue weighted by molar-refractivity contribution is 7.19. The van der Waals surface area contributed by atoms with Gasteiger partial charge in [0.2, 0.25) is 0 Å². The Bertz CT molecular complexity index is 898. The van der Waals surface area contributed by atoms with Gasteiger partial charge in [-0.05, 0) is 35.9 Å². The zero-order chi connectivity index (χ0) is 17.2. The fraction of sp³-hybridized carbons (Fsp3) is 0.125. The third-order valence-electron chi connectivity index (χ3n) is 2.90. The fourth-order valence-electron chi connectivity index (χ4n) is 1.86. The van der Waals surface area contributed by atoms with Crippen molar-refractivity contribution in [1.29, 1.82) is 5.26 Å². The first-order valence-corrected chi connectivity index (χ1v) is 6.96. The summed E-state index contributed by atoms with van der Waals surface area (Å²) in [6.07, 6.45) is 0. The van der Waals surface area contributed by atoms with Crippen molar-refractivity contribution >= 4 is 21.6 Å². The molecular weight excluding hydrogens is 284 g/mol. The van der Waals surface area contributed by atoms with Crippen LogP contribution in [-0.4, -0.2) is 12.0 Å². The molecule has 0 N–H and O–H groups in total. The number of rotatable bonds is 4. The van der Waals surface area contributed by atoms with Crippen molar-refractivity contribution in [2.24, 2.45) is 0 Å². The number of hydrogen-bond acceptors (Lipinski definition) is 5. The van der Waals surface area contributed by atoms with Crippen LogP contribution in [0.2, 0.25) is 0 Å². The van der Waals surface area contributed by atoms with E-state index < -0.39 is 7.04 Å². The van der Waals surface area contributed by atoms with Crippen molar-refractivity contribution in [3.63, 3.8) is 0 Å². The summed E-state index contributed by atoms with van der Waals surface area (Å²) in [5.74, 6) is 0.965. The molecule has 0 atom stereocenters. The highest BCUT2D eigenvalue weighted by atomic mass is 32.1. The molecular formula is C16H12N2O2S. The summed E-state index contributed by atoms with van der Waals surface area (Å²) in [6, 6.07) is 14.2. The van der Waals surface area contributed by atoms with Gasteiger partial charge in [-0.15, -0.1) is 11.3 Å². The van der Waals surface area contributed by atoms with E-state index in [4.69, 9.17) is 18.8 Å². The number of aromatic nitrogens is 1. The van der Waals surface area contributed by atoms with Crippen LogP contribution >= 0.6 is 11.3 Å². The van der Waals surface area contributed by atoms with Crippen molar-refractivity contribution < 1.29 is 13.6 Å². The van der Waals surface area contributed by atoms with Gasteiger partial charge in [0.1, 0.15) is 24.2 Å². The van der Waals surface area contributed by atoms with Crippen LogP contribution in [0.3, 0.4) is 0 Å². The van der Waals surface area contributed by atoms with Gasteiger partial charge in [-0.2, -0.15) is 5.26 Å². The summed E-state index contributed by atoms with van der Waals surface area (Å²) < 4.78 is 32.6. The standard InChI is InChI=1S/C16H12N2O2S/c1-19-12-4-2-11(3-5-12)10-20-13-6-7-14-15(8-13)21-16(9-17)18-14/h2-8H,10H2,1H3/i1D3. The first-order chi connectivity index (χ1) is 11.4. The Kier molecular flexibility index (Phi) is 2.82. The molecule has 5 heteroatoms. The molecule has 0 radical (unpaired) electrons. The van der Waals surface area contributed by atoms with Gasteiger partial charge in [-0.1, -0.05) is 12.1 Å². The van der Waals surface area contributed by atoms with Crippen LogP contribution in [0.15, 0.2) is 42.5 Å². The number of benzene rings is 2. The van der Waals surface area contributed by atoms with E-state index in [0.717, 1.165) is 15.8 Å². The molecule has 0 fully saturated rings. The summed E-state index contributed by atoms with van der Waals surface area (Å²) in [5.41, 5.74) is 1.66. The minimum Gasteiger partial charge on any atom is -0.497 e. The predicted molar refractivity (Wildman–Crippen MR) is 81.7 cm³/mol. The smallest absolute Gasteiger partial charge is 0.195 e. The third-order valence-corrected chi connectivity index (χ3v) is 3.83.